The SMILES string of the molecule is CCC(CC)COC(=O)[C@@H](C)OC(=O)c1ccccc1C(=O)O[C@H](C)C(=O)OCC(CC)CC. The van der Waals surface area contributed by atoms with Crippen molar-refractivity contribution in [2.45, 2.75) is 79.4 Å². The summed E-state index contributed by atoms with van der Waals surface area (Å²) in [6.07, 6.45) is 1.19. The van der Waals surface area contributed by atoms with Crippen LogP contribution in [0.5, 0.6) is 0 Å². The fourth-order valence-corrected chi connectivity index (χ4v) is 3.07. The van der Waals surface area contributed by atoms with E-state index < -0.39 is 36.1 Å². The second-order valence-electron chi connectivity index (χ2n) is 8.27. The van der Waals surface area contributed by atoms with Crippen molar-refractivity contribution in [2.75, 3.05) is 13.2 Å². The van der Waals surface area contributed by atoms with Crippen LogP contribution in [0.25, 0.3) is 0 Å². The largest absolute Gasteiger partial charge is 0.463 e. The number of benzene rings is 1. The third-order valence-corrected chi connectivity index (χ3v) is 5.83. The first-order valence-electron chi connectivity index (χ1n) is 12.0. The van der Waals surface area contributed by atoms with Gasteiger partial charge in [-0.3, -0.25) is 0 Å². The van der Waals surface area contributed by atoms with E-state index in [4.69, 9.17) is 18.9 Å². The molecule has 0 N–H and O–H groups in total. The molecule has 8 nitrogen and oxygen atoms in total. The van der Waals surface area contributed by atoms with Gasteiger partial charge in [-0.25, -0.2) is 19.2 Å². The maximum Gasteiger partial charge on any atom is 0.347 e. The number of carbonyl (C=O) groups excluding carboxylic acids is 4. The van der Waals surface area contributed by atoms with Gasteiger partial charge in [0, 0.05) is 0 Å². The third kappa shape index (κ3) is 9.15. The molecule has 1 rings (SSSR count). The molecule has 0 aromatic heterocycles. The van der Waals surface area contributed by atoms with E-state index in [2.05, 4.69) is 0 Å². The van der Waals surface area contributed by atoms with Crippen LogP contribution in [0.3, 0.4) is 0 Å². The first kappa shape index (κ1) is 29.1. The van der Waals surface area contributed by atoms with Crippen molar-refractivity contribution in [1.82, 2.24) is 0 Å². The lowest BCUT2D eigenvalue weighted by Crippen LogP contribution is -2.30. The van der Waals surface area contributed by atoms with E-state index in [9.17, 15) is 19.2 Å². The van der Waals surface area contributed by atoms with Crippen molar-refractivity contribution in [3.63, 3.8) is 0 Å². The molecule has 34 heavy (non-hydrogen) atoms. The Labute approximate surface area is 202 Å². The average Bonchev–Trinajstić information content (AvgIpc) is 2.84. The fraction of sp³-hybridized carbons (Fsp3) is 0.615. The molecule has 8 heteroatoms. The molecular formula is C26H38O8. The molecular weight excluding hydrogens is 440 g/mol. The summed E-state index contributed by atoms with van der Waals surface area (Å²) in [5, 5.41) is 0. The summed E-state index contributed by atoms with van der Waals surface area (Å²) in [6.45, 7) is 11.4. The van der Waals surface area contributed by atoms with Gasteiger partial charge < -0.3 is 18.9 Å². The van der Waals surface area contributed by atoms with Gasteiger partial charge in [0.05, 0.1) is 24.3 Å². The lowest BCUT2D eigenvalue weighted by Gasteiger charge is -2.18. The summed E-state index contributed by atoms with van der Waals surface area (Å²) in [4.78, 5) is 49.7. The van der Waals surface area contributed by atoms with Crippen LogP contribution < -0.4 is 0 Å². The monoisotopic (exact) mass is 478 g/mol. The zero-order valence-corrected chi connectivity index (χ0v) is 21.1. The summed E-state index contributed by atoms with van der Waals surface area (Å²) >= 11 is 0. The summed E-state index contributed by atoms with van der Waals surface area (Å²) in [6, 6.07) is 5.88. The number of carbonyl (C=O) groups is 4. The Morgan fingerprint density at radius 1 is 0.647 bits per heavy atom. The van der Waals surface area contributed by atoms with Gasteiger partial charge in [-0.2, -0.15) is 0 Å². The van der Waals surface area contributed by atoms with Crippen LogP contribution in [0.2, 0.25) is 0 Å². The van der Waals surface area contributed by atoms with Crippen LogP contribution in [0.4, 0.5) is 0 Å². The van der Waals surface area contributed by atoms with E-state index >= 15 is 0 Å². The van der Waals surface area contributed by atoms with Gasteiger partial charge in [0.2, 0.25) is 0 Å². The van der Waals surface area contributed by atoms with Crippen LogP contribution in [-0.4, -0.2) is 49.3 Å². The second-order valence-corrected chi connectivity index (χ2v) is 8.27. The molecule has 0 aliphatic heterocycles. The Kier molecular flexibility index (Phi) is 12.9. The standard InChI is InChI=1S/C26H38O8/c1-7-19(8-2)15-31-23(27)17(5)33-25(29)21-13-11-12-14-22(21)26(30)34-18(6)24(28)32-16-20(9-3)10-4/h11-14,17-20H,7-10,15-16H2,1-6H3/t17-,18-/m1/s1. The Morgan fingerprint density at radius 2 is 0.971 bits per heavy atom. The Hall–Kier alpha value is -2.90. The maximum absolute atomic E-state index is 12.7. The predicted molar refractivity (Wildman–Crippen MR) is 126 cm³/mol. The van der Waals surface area contributed by atoms with Gasteiger partial charge in [-0.1, -0.05) is 65.5 Å². The Balaban J connectivity index is 2.77. The Morgan fingerprint density at radius 3 is 1.26 bits per heavy atom. The molecule has 0 fully saturated rings. The van der Waals surface area contributed by atoms with E-state index in [-0.39, 0.29) is 36.2 Å². The van der Waals surface area contributed by atoms with Crippen LogP contribution in [0.15, 0.2) is 24.3 Å². The first-order chi connectivity index (χ1) is 16.2. The maximum atomic E-state index is 12.7. The van der Waals surface area contributed by atoms with E-state index in [1.807, 2.05) is 27.7 Å². The normalized spacial score (nSPS) is 12.7. The average molecular weight is 479 g/mol. The van der Waals surface area contributed by atoms with Crippen LogP contribution in [0, 0.1) is 11.8 Å². The summed E-state index contributed by atoms with van der Waals surface area (Å²) in [7, 11) is 0. The molecule has 0 aliphatic carbocycles. The molecule has 2 atom stereocenters. The summed E-state index contributed by atoms with van der Waals surface area (Å²) < 4.78 is 20.9. The highest BCUT2D eigenvalue weighted by Gasteiger charge is 2.27. The van der Waals surface area contributed by atoms with Crippen molar-refractivity contribution in [1.29, 1.82) is 0 Å². The van der Waals surface area contributed by atoms with Crippen molar-refractivity contribution in [2.24, 2.45) is 11.8 Å². The molecule has 190 valence electrons. The molecule has 0 unspecified atom stereocenters. The molecule has 1 aromatic rings. The van der Waals surface area contributed by atoms with E-state index in [0.717, 1.165) is 25.7 Å². The van der Waals surface area contributed by atoms with Crippen molar-refractivity contribution in [3.8, 4) is 0 Å². The lowest BCUT2D eigenvalue weighted by molar-refractivity contribution is -0.155. The zero-order chi connectivity index (χ0) is 25.7. The molecule has 0 aliphatic rings. The number of hydrogen-bond donors (Lipinski definition) is 0. The molecule has 0 bridgehead atoms. The van der Waals surface area contributed by atoms with Crippen molar-refractivity contribution < 1.29 is 38.1 Å². The molecule has 0 saturated carbocycles. The third-order valence-electron chi connectivity index (χ3n) is 5.83. The van der Waals surface area contributed by atoms with Crippen LogP contribution >= 0.6 is 0 Å². The minimum atomic E-state index is -1.15. The molecule has 0 heterocycles. The van der Waals surface area contributed by atoms with Gasteiger partial charge >= 0.3 is 23.9 Å². The summed E-state index contributed by atoms with van der Waals surface area (Å²) in [5.41, 5.74) is -0.158. The van der Waals surface area contributed by atoms with E-state index in [0.29, 0.717) is 0 Å². The minimum Gasteiger partial charge on any atom is -0.463 e. The van der Waals surface area contributed by atoms with Crippen LogP contribution in [-0.2, 0) is 28.5 Å². The number of rotatable bonds is 14. The highest BCUT2D eigenvalue weighted by Crippen LogP contribution is 2.16. The first-order valence-corrected chi connectivity index (χ1v) is 12.0. The van der Waals surface area contributed by atoms with Gasteiger partial charge in [0.1, 0.15) is 0 Å². The fourth-order valence-electron chi connectivity index (χ4n) is 3.07. The number of esters is 4. The topological polar surface area (TPSA) is 105 Å². The number of hydrogen-bond acceptors (Lipinski definition) is 8. The van der Waals surface area contributed by atoms with Crippen LogP contribution in [0.1, 0.15) is 87.9 Å². The van der Waals surface area contributed by atoms with Gasteiger partial charge in [-0.05, 0) is 37.8 Å². The smallest absolute Gasteiger partial charge is 0.347 e. The van der Waals surface area contributed by atoms with Gasteiger partial charge in [0.15, 0.2) is 12.2 Å². The van der Waals surface area contributed by atoms with E-state index in [1.54, 1.807) is 12.1 Å². The van der Waals surface area contributed by atoms with E-state index in [1.165, 1.54) is 26.0 Å². The molecule has 0 saturated heterocycles. The van der Waals surface area contributed by atoms with Gasteiger partial charge in [0.25, 0.3) is 0 Å². The van der Waals surface area contributed by atoms with Gasteiger partial charge in [-0.15, -0.1) is 0 Å². The zero-order valence-electron chi connectivity index (χ0n) is 21.1. The highest BCUT2D eigenvalue weighted by molar-refractivity contribution is 6.04. The second kappa shape index (κ2) is 15.1. The van der Waals surface area contributed by atoms with Crippen molar-refractivity contribution in [3.05, 3.63) is 35.4 Å². The molecule has 0 amide bonds. The van der Waals surface area contributed by atoms with Crippen molar-refractivity contribution >= 4 is 23.9 Å². The molecule has 0 radical (unpaired) electrons. The molecule has 0 spiro atoms. The lowest BCUT2D eigenvalue weighted by atomic mass is 10.1. The number of ether oxygens (including phenoxy) is 4. The Bertz CT molecular complexity index is 744. The molecule has 1 aromatic carbocycles. The summed E-state index contributed by atoms with van der Waals surface area (Å²) in [5.74, 6) is -2.58. The quantitative estimate of drug-likeness (QED) is 0.279. The minimum absolute atomic E-state index is 0.0789. The highest BCUT2D eigenvalue weighted by atomic mass is 16.6. The predicted octanol–water partition coefficient (Wildman–Crippen LogP) is 4.74.